The molecule has 1 aromatic heterocycles. The Morgan fingerprint density at radius 3 is 3.25 bits per heavy atom. The maximum atomic E-state index is 3.87. The van der Waals surface area contributed by atoms with Crippen molar-refractivity contribution in [3.63, 3.8) is 0 Å². The summed E-state index contributed by atoms with van der Waals surface area (Å²) in [5.74, 6) is 1.23. The number of aromatic amines is 1. The maximum absolute atomic E-state index is 3.87. The van der Waals surface area contributed by atoms with Crippen molar-refractivity contribution in [2.75, 3.05) is 18.6 Å². The lowest BCUT2D eigenvalue weighted by molar-refractivity contribution is 0.679. The summed E-state index contributed by atoms with van der Waals surface area (Å²) in [7, 11) is 0. The molecule has 2 N–H and O–H groups in total. The lowest BCUT2D eigenvalue weighted by atomic mass is 10.3. The topological polar surface area (TPSA) is 40.7 Å². The Hall–Kier alpha value is -0.480. The van der Waals surface area contributed by atoms with Crippen LogP contribution in [0, 0.1) is 0 Å². The fourth-order valence-electron chi connectivity index (χ4n) is 0.949. The van der Waals surface area contributed by atoms with E-state index in [1.165, 1.54) is 17.7 Å². The average molecular weight is 185 g/mol. The number of rotatable bonds is 6. The first-order valence-corrected chi connectivity index (χ1v) is 5.50. The molecule has 0 radical (unpaired) electrons. The molecule has 4 heteroatoms. The van der Waals surface area contributed by atoms with Crippen molar-refractivity contribution >= 4 is 11.8 Å². The van der Waals surface area contributed by atoms with Gasteiger partial charge in [0.2, 0.25) is 0 Å². The highest BCUT2D eigenvalue weighted by atomic mass is 32.2. The summed E-state index contributed by atoms with van der Waals surface area (Å²) in [6, 6.07) is 0. The molecule has 12 heavy (non-hydrogen) atoms. The van der Waals surface area contributed by atoms with Gasteiger partial charge < -0.3 is 5.32 Å². The van der Waals surface area contributed by atoms with E-state index in [9.17, 15) is 0 Å². The molecule has 0 atom stereocenters. The highest BCUT2D eigenvalue weighted by Gasteiger charge is 1.91. The number of hydrogen-bond donors (Lipinski definition) is 2. The van der Waals surface area contributed by atoms with Crippen molar-refractivity contribution in [2.24, 2.45) is 0 Å². The summed E-state index contributed by atoms with van der Waals surface area (Å²) in [5, 5.41) is 10.0. The fraction of sp³-hybridized carbons (Fsp3) is 0.625. The van der Waals surface area contributed by atoms with Gasteiger partial charge in [-0.15, -0.1) is 0 Å². The molecule has 0 bridgehead atoms. The van der Waals surface area contributed by atoms with Gasteiger partial charge >= 0.3 is 0 Å². The smallest absolute Gasteiger partial charge is 0.0532 e. The Balaban J connectivity index is 1.96. The van der Waals surface area contributed by atoms with E-state index in [4.69, 9.17) is 0 Å². The van der Waals surface area contributed by atoms with Crippen molar-refractivity contribution < 1.29 is 0 Å². The van der Waals surface area contributed by atoms with E-state index in [1.807, 2.05) is 24.2 Å². The Kier molecular flexibility index (Phi) is 4.87. The highest BCUT2D eigenvalue weighted by molar-refractivity contribution is 7.98. The van der Waals surface area contributed by atoms with E-state index in [1.54, 1.807) is 0 Å². The van der Waals surface area contributed by atoms with E-state index in [-0.39, 0.29) is 0 Å². The van der Waals surface area contributed by atoms with Crippen LogP contribution in [0.2, 0.25) is 0 Å². The van der Waals surface area contributed by atoms with Gasteiger partial charge in [-0.3, -0.25) is 5.10 Å². The number of thioether (sulfide) groups is 1. The second kappa shape index (κ2) is 6.08. The van der Waals surface area contributed by atoms with Gasteiger partial charge in [0, 0.05) is 18.3 Å². The summed E-state index contributed by atoms with van der Waals surface area (Å²) in [6.45, 7) is 2.01. The van der Waals surface area contributed by atoms with Gasteiger partial charge in [-0.05, 0) is 25.0 Å². The van der Waals surface area contributed by atoms with Crippen LogP contribution in [-0.4, -0.2) is 28.8 Å². The minimum atomic E-state index is 0.922. The number of aromatic nitrogens is 2. The maximum Gasteiger partial charge on any atom is 0.0532 e. The zero-order chi connectivity index (χ0) is 8.65. The normalized spacial score (nSPS) is 10.4. The van der Waals surface area contributed by atoms with Crippen LogP contribution < -0.4 is 5.32 Å². The Labute approximate surface area is 77.3 Å². The van der Waals surface area contributed by atoms with Crippen LogP contribution in [0.25, 0.3) is 0 Å². The molecule has 1 aromatic rings. The molecule has 0 saturated carbocycles. The molecule has 0 unspecified atom stereocenters. The molecule has 0 fully saturated rings. The van der Waals surface area contributed by atoms with Crippen LogP contribution >= 0.6 is 11.8 Å². The van der Waals surface area contributed by atoms with Crippen molar-refractivity contribution in [3.8, 4) is 0 Å². The predicted molar refractivity (Wildman–Crippen MR) is 53.3 cm³/mol. The standard InChI is InChI=1S/C8H15N3S/c1-12-4-2-3-9-5-8-6-10-11-7-8/h6-7,9H,2-5H2,1H3,(H,10,11). The summed E-state index contributed by atoms with van der Waals surface area (Å²) in [6.07, 6.45) is 7.14. The first-order chi connectivity index (χ1) is 5.93. The fourth-order valence-corrected chi connectivity index (χ4v) is 1.38. The van der Waals surface area contributed by atoms with Crippen LogP contribution in [0.3, 0.4) is 0 Å². The van der Waals surface area contributed by atoms with Gasteiger partial charge in [-0.25, -0.2) is 0 Å². The van der Waals surface area contributed by atoms with E-state index in [2.05, 4.69) is 21.8 Å². The molecule has 3 nitrogen and oxygen atoms in total. The minimum absolute atomic E-state index is 0.922. The van der Waals surface area contributed by atoms with Gasteiger partial charge in [-0.2, -0.15) is 16.9 Å². The SMILES string of the molecule is CSCCCNCc1cn[nH]c1. The number of H-pyrrole nitrogens is 1. The molecule has 1 heterocycles. The van der Waals surface area contributed by atoms with Gasteiger partial charge in [0.05, 0.1) is 6.20 Å². The van der Waals surface area contributed by atoms with Crippen molar-refractivity contribution in [2.45, 2.75) is 13.0 Å². The van der Waals surface area contributed by atoms with E-state index >= 15 is 0 Å². The number of nitrogens with one attached hydrogen (secondary N) is 2. The second-order valence-corrected chi connectivity index (χ2v) is 3.62. The number of nitrogens with zero attached hydrogens (tertiary/aromatic N) is 1. The minimum Gasteiger partial charge on any atom is -0.313 e. The van der Waals surface area contributed by atoms with Crippen LogP contribution in [-0.2, 0) is 6.54 Å². The molecule has 0 spiro atoms. The van der Waals surface area contributed by atoms with Gasteiger partial charge in [-0.1, -0.05) is 0 Å². The summed E-state index contributed by atoms with van der Waals surface area (Å²) < 4.78 is 0. The average Bonchev–Trinajstić information content (AvgIpc) is 2.57. The Morgan fingerprint density at radius 2 is 2.58 bits per heavy atom. The Morgan fingerprint density at radius 1 is 1.67 bits per heavy atom. The van der Waals surface area contributed by atoms with Crippen LogP contribution in [0.5, 0.6) is 0 Å². The zero-order valence-electron chi connectivity index (χ0n) is 7.34. The van der Waals surface area contributed by atoms with E-state index in [0.717, 1.165) is 13.1 Å². The lowest BCUT2D eigenvalue weighted by Gasteiger charge is -2.00. The predicted octanol–water partition coefficient (Wildman–Crippen LogP) is 1.25. The largest absolute Gasteiger partial charge is 0.313 e. The molecule has 0 saturated heterocycles. The molecule has 1 rings (SSSR count). The molecule has 0 aliphatic rings. The highest BCUT2D eigenvalue weighted by Crippen LogP contribution is 1.95. The third kappa shape index (κ3) is 3.78. The third-order valence-corrected chi connectivity index (χ3v) is 2.28. The Bertz CT molecular complexity index is 186. The van der Waals surface area contributed by atoms with Crippen LogP contribution in [0.1, 0.15) is 12.0 Å². The second-order valence-electron chi connectivity index (χ2n) is 2.63. The van der Waals surface area contributed by atoms with Crippen molar-refractivity contribution in [1.82, 2.24) is 15.5 Å². The quantitative estimate of drug-likeness (QED) is 0.655. The number of hydrogen-bond acceptors (Lipinski definition) is 3. The molecule has 0 amide bonds. The first-order valence-electron chi connectivity index (χ1n) is 4.11. The zero-order valence-corrected chi connectivity index (χ0v) is 8.16. The van der Waals surface area contributed by atoms with Crippen LogP contribution in [0.15, 0.2) is 12.4 Å². The van der Waals surface area contributed by atoms with E-state index < -0.39 is 0 Å². The summed E-state index contributed by atoms with van der Waals surface area (Å²) in [4.78, 5) is 0. The van der Waals surface area contributed by atoms with Gasteiger partial charge in [0.15, 0.2) is 0 Å². The van der Waals surface area contributed by atoms with Gasteiger partial charge in [0.1, 0.15) is 0 Å². The first kappa shape index (κ1) is 9.61. The molecular formula is C8H15N3S. The lowest BCUT2D eigenvalue weighted by Crippen LogP contribution is -2.14. The molecule has 68 valence electrons. The van der Waals surface area contributed by atoms with Crippen molar-refractivity contribution in [1.29, 1.82) is 0 Å². The van der Waals surface area contributed by atoms with E-state index in [0.29, 0.717) is 0 Å². The summed E-state index contributed by atoms with van der Waals surface area (Å²) >= 11 is 1.89. The van der Waals surface area contributed by atoms with Crippen molar-refractivity contribution in [3.05, 3.63) is 18.0 Å². The summed E-state index contributed by atoms with van der Waals surface area (Å²) in [5.41, 5.74) is 1.22. The molecular weight excluding hydrogens is 170 g/mol. The van der Waals surface area contributed by atoms with Gasteiger partial charge in [0.25, 0.3) is 0 Å². The molecule has 0 aliphatic heterocycles. The molecule has 0 aliphatic carbocycles. The monoisotopic (exact) mass is 185 g/mol. The molecule has 0 aromatic carbocycles. The van der Waals surface area contributed by atoms with Crippen LogP contribution in [0.4, 0.5) is 0 Å². The third-order valence-electron chi connectivity index (χ3n) is 1.59.